The molecule has 0 aliphatic heterocycles. The lowest BCUT2D eigenvalue weighted by atomic mass is 10.2. The highest BCUT2D eigenvalue weighted by Crippen LogP contribution is 2.24. The number of halogens is 2. The highest BCUT2D eigenvalue weighted by molar-refractivity contribution is 6.31. The van der Waals surface area contributed by atoms with Crippen molar-refractivity contribution in [3.05, 3.63) is 45.8 Å². The minimum atomic E-state index is 0.151. The zero-order valence-electron chi connectivity index (χ0n) is 9.41. The van der Waals surface area contributed by atoms with Crippen LogP contribution in [0.4, 0.5) is 11.5 Å². The van der Waals surface area contributed by atoms with Crippen molar-refractivity contribution in [2.24, 2.45) is 0 Å². The van der Waals surface area contributed by atoms with Gasteiger partial charge in [0.15, 0.2) is 0 Å². The van der Waals surface area contributed by atoms with Gasteiger partial charge >= 0.3 is 0 Å². The number of anilines is 2. The summed E-state index contributed by atoms with van der Waals surface area (Å²) in [5, 5.41) is 12.7. The molecule has 0 aliphatic rings. The topological polar surface area (TPSA) is 61.6 Å². The number of rotatable bonds is 2. The number of aromatic nitrogens is 2. The van der Waals surface area contributed by atoms with E-state index in [1.54, 1.807) is 24.3 Å². The van der Waals surface area contributed by atoms with E-state index < -0.39 is 0 Å². The quantitative estimate of drug-likeness (QED) is 0.851. The summed E-state index contributed by atoms with van der Waals surface area (Å²) in [7, 11) is 0. The molecular weight excluding hydrogens is 271 g/mol. The minimum Gasteiger partial charge on any atom is -0.339 e. The molecule has 6 heteroatoms. The SMILES string of the molecule is Cc1cc(Nc2cc(Cl)ccc2C#N)nc(Cl)n1. The maximum atomic E-state index is 9.00. The molecule has 0 spiro atoms. The summed E-state index contributed by atoms with van der Waals surface area (Å²) < 4.78 is 0. The summed E-state index contributed by atoms with van der Waals surface area (Å²) in [5.74, 6) is 0.520. The summed E-state index contributed by atoms with van der Waals surface area (Å²) >= 11 is 11.7. The highest BCUT2D eigenvalue weighted by atomic mass is 35.5. The fourth-order valence-electron chi connectivity index (χ4n) is 1.45. The van der Waals surface area contributed by atoms with Gasteiger partial charge in [0, 0.05) is 16.8 Å². The van der Waals surface area contributed by atoms with Crippen LogP contribution in [-0.2, 0) is 0 Å². The van der Waals surface area contributed by atoms with Crippen LogP contribution in [-0.4, -0.2) is 9.97 Å². The van der Waals surface area contributed by atoms with E-state index in [-0.39, 0.29) is 5.28 Å². The number of hydrogen-bond acceptors (Lipinski definition) is 4. The molecule has 0 atom stereocenters. The van der Waals surface area contributed by atoms with Gasteiger partial charge in [0.2, 0.25) is 5.28 Å². The lowest BCUT2D eigenvalue weighted by molar-refractivity contribution is 1.10. The van der Waals surface area contributed by atoms with Crippen molar-refractivity contribution in [1.29, 1.82) is 5.26 Å². The Morgan fingerprint density at radius 2 is 2.00 bits per heavy atom. The molecule has 0 unspecified atom stereocenters. The molecule has 0 radical (unpaired) electrons. The van der Waals surface area contributed by atoms with E-state index in [0.29, 0.717) is 22.1 Å². The predicted octanol–water partition coefficient (Wildman–Crippen LogP) is 3.71. The summed E-state index contributed by atoms with van der Waals surface area (Å²) in [6, 6.07) is 8.76. The maximum absolute atomic E-state index is 9.00. The molecular formula is C12H8Cl2N4. The normalized spacial score (nSPS) is 9.89. The van der Waals surface area contributed by atoms with E-state index in [1.165, 1.54) is 0 Å². The molecule has 2 aromatic rings. The molecule has 1 heterocycles. The third kappa shape index (κ3) is 2.89. The van der Waals surface area contributed by atoms with Crippen molar-refractivity contribution in [2.75, 3.05) is 5.32 Å². The third-order valence-corrected chi connectivity index (χ3v) is 2.60. The van der Waals surface area contributed by atoms with E-state index in [9.17, 15) is 0 Å². The van der Waals surface area contributed by atoms with E-state index in [1.807, 2.05) is 6.92 Å². The first-order chi connectivity index (χ1) is 8.58. The van der Waals surface area contributed by atoms with E-state index in [0.717, 1.165) is 5.69 Å². The fourth-order valence-corrected chi connectivity index (χ4v) is 1.85. The molecule has 0 saturated carbocycles. The lowest BCUT2D eigenvalue weighted by Gasteiger charge is -2.08. The molecule has 1 aromatic heterocycles. The first-order valence-electron chi connectivity index (χ1n) is 5.06. The van der Waals surface area contributed by atoms with Crippen molar-refractivity contribution < 1.29 is 0 Å². The number of benzene rings is 1. The van der Waals surface area contributed by atoms with Crippen LogP contribution in [0.15, 0.2) is 24.3 Å². The second-order valence-corrected chi connectivity index (χ2v) is 4.36. The molecule has 0 saturated heterocycles. The number of nitriles is 1. The standard InChI is InChI=1S/C12H8Cl2N4/c1-7-4-11(18-12(14)16-7)17-10-5-9(13)3-2-8(10)6-15/h2-5H,1H3,(H,16,17,18). The van der Waals surface area contributed by atoms with E-state index >= 15 is 0 Å². The van der Waals surface area contributed by atoms with Gasteiger partial charge in [-0.2, -0.15) is 5.26 Å². The van der Waals surface area contributed by atoms with Gasteiger partial charge in [-0.05, 0) is 36.7 Å². The Bertz CT molecular complexity index is 614. The fraction of sp³-hybridized carbons (Fsp3) is 0.0833. The van der Waals surface area contributed by atoms with E-state index in [4.69, 9.17) is 28.5 Å². The minimum absolute atomic E-state index is 0.151. The first kappa shape index (κ1) is 12.6. The van der Waals surface area contributed by atoms with Gasteiger partial charge in [0.05, 0.1) is 11.3 Å². The summed E-state index contributed by atoms with van der Waals surface area (Å²) in [4.78, 5) is 7.98. The molecule has 1 aromatic carbocycles. The van der Waals surface area contributed by atoms with Crippen LogP contribution in [0.1, 0.15) is 11.3 Å². The molecule has 0 fully saturated rings. The van der Waals surface area contributed by atoms with Crippen molar-refractivity contribution in [1.82, 2.24) is 9.97 Å². The molecule has 1 N–H and O–H groups in total. The van der Waals surface area contributed by atoms with Crippen LogP contribution in [0.25, 0.3) is 0 Å². The van der Waals surface area contributed by atoms with Crippen LogP contribution in [0.2, 0.25) is 10.3 Å². The van der Waals surface area contributed by atoms with Gasteiger partial charge < -0.3 is 5.32 Å². The van der Waals surface area contributed by atoms with Crippen LogP contribution in [0, 0.1) is 18.3 Å². The van der Waals surface area contributed by atoms with Crippen LogP contribution in [0.3, 0.4) is 0 Å². The molecule has 4 nitrogen and oxygen atoms in total. The van der Waals surface area contributed by atoms with Gasteiger partial charge in [-0.25, -0.2) is 9.97 Å². The number of nitrogens with one attached hydrogen (secondary N) is 1. The number of aryl methyl sites for hydroxylation is 1. The Morgan fingerprint density at radius 1 is 1.22 bits per heavy atom. The second kappa shape index (κ2) is 5.21. The zero-order valence-corrected chi connectivity index (χ0v) is 10.9. The van der Waals surface area contributed by atoms with Crippen LogP contribution < -0.4 is 5.32 Å². The van der Waals surface area contributed by atoms with Gasteiger partial charge in [0.1, 0.15) is 11.9 Å². The average Bonchev–Trinajstić information content (AvgIpc) is 2.27. The maximum Gasteiger partial charge on any atom is 0.224 e. The zero-order chi connectivity index (χ0) is 13.1. The molecule has 18 heavy (non-hydrogen) atoms. The predicted molar refractivity (Wildman–Crippen MR) is 71.2 cm³/mol. The Kier molecular flexibility index (Phi) is 3.66. The Morgan fingerprint density at radius 3 is 2.67 bits per heavy atom. The van der Waals surface area contributed by atoms with Gasteiger partial charge in [-0.15, -0.1) is 0 Å². The number of nitrogens with zero attached hydrogens (tertiary/aromatic N) is 3. The average molecular weight is 279 g/mol. The largest absolute Gasteiger partial charge is 0.339 e. The molecule has 90 valence electrons. The Labute approximate surface area is 114 Å². The summed E-state index contributed by atoms with van der Waals surface area (Å²) in [6.45, 7) is 1.81. The van der Waals surface area contributed by atoms with Gasteiger partial charge in [0.25, 0.3) is 0 Å². The number of hydrogen-bond donors (Lipinski definition) is 1. The molecule has 0 aliphatic carbocycles. The van der Waals surface area contributed by atoms with Crippen molar-refractivity contribution in [3.8, 4) is 6.07 Å². The van der Waals surface area contributed by atoms with Crippen LogP contribution >= 0.6 is 23.2 Å². The van der Waals surface area contributed by atoms with Crippen molar-refractivity contribution >= 4 is 34.7 Å². The summed E-state index contributed by atoms with van der Waals surface area (Å²) in [5.41, 5.74) is 1.80. The van der Waals surface area contributed by atoms with Crippen LogP contribution in [0.5, 0.6) is 0 Å². The summed E-state index contributed by atoms with van der Waals surface area (Å²) in [6.07, 6.45) is 0. The highest BCUT2D eigenvalue weighted by Gasteiger charge is 2.06. The molecule has 2 rings (SSSR count). The van der Waals surface area contributed by atoms with Crippen molar-refractivity contribution in [2.45, 2.75) is 6.92 Å². The van der Waals surface area contributed by atoms with E-state index in [2.05, 4.69) is 21.4 Å². The smallest absolute Gasteiger partial charge is 0.224 e. The first-order valence-corrected chi connectivity index (χ1v) is 5.82. The monoisotopic (exact) mass is 278 g/mol. The van der Waals surface area contributed by atoms with Gasteiger partial charge in [-0.1, -0.05) is 11.6 Å². The third-order valence-electron chi connectivity index (χ3n) is 2.19. The van der Waals surface area contributed by atoms with Gasteiger partial charge in [-0.3, -0.25) is 0 Å². The Balaban J connectivity index is 2.39. The molecule has 0 bridgehead atoms. The second-order valence-electron chi connectivity index (χ2n) is 3.59. The lowest BCUT2D eigenvalue weighted by Crippen LogP contribution is -1.98. The van der Waals surface area contributed by atoms with Crippen molar-refractivity contribution in [3.63, 3.8) is 0 Å². The molecule has 0 amide bonds. The Hall–Kier alpha value is -1.83.